The van der Waals surface area contributed by atoms with E-state index in [-0.39, 0.29) is 11.5 Å². The van der Waals surface area contributed by atoms with Crippen LogP contribution < -0.4 is 16.0 Å². The number of hydrogen-bond acceptors (Lipinski definition) is 5. The molecule has 186 valence electrons. The van der Waals surface area contributed by atoms with Crippen molar-refractivity contribution < 1.29 is 29.3 Å². The number of hydrogen-bond donors (Lipinski definition) is 5. The monoisotopic (exact) mass is 491 g/mol. The molecule has 0 spiro atoms. The number of aliphatic carboxylic acids is 2. The minimum Gasteiger partial charge on any atom is -0.481 e. The second-order valence-electron chi connectivity index (χ2n) is 9.98. The first-order valence-electron chi connectivity index (χ1n) is 11.5. The zero-order valence-corrected chi connectivity index (χ0v) is 20.9. The van der Waals surface area contributed by atoms with E-state index in [0.29, 0.717) is 6.42 Å². The van der Waals surface area contributed by atoms with Gasteiger partial charge in [0, 0.05) is 29.0 Å². The van der Waals surface area contributed by atoms with Gasteiger partial charge in [0.1, 0.15) is 5.60 Å². The molecule has 6 atom stereocenters. The predicted octanol–water partition coefficient (Wildman–Crippen LogP) is 3.46. The van der Waals surface area contributed by atoms with Gasteiger partial charge in [-0.25, -0.2) is 9.59 Å². The summed E-state index contributed by atoms with van der Waals surface area (Å²) in [6, 6.07) is 8.64. The number of carboxylic acids is 2. The molecule has 6 unspecified atom stereocenters. The molecular weight excluding hydrogens is 458 g/mol. The molecule has 1 aromatic carbocycles. The molecule has 0 radical (unpaired) electrons. The first-order valence-corrected chi connectivity index (χ1v) is 11.9. The minimum atomic E-state index is -1.84. The normalized spacial score (nSPS) is 31.7. The standard InChI is InChI=1S/C24H33N3O6S/c1-6-14-17(26-20(34)25-13-11-9-8-10-12-13)15-16(18(28)29)23(15,7-2)24(14,19(30)31)27-21(32)33-22(3,4)5/h8-12,14-17H,6-7H2,1-5H3,(H,27,32)(H,28,29)(H,30,31)(H2,25,26,34). The molecule has 1 amide bonds. The van der Waals surface area contributed by atoms with Gasteiger partial charge in [0.2, 0.25) is 0 Å². The summed E-state index contributed by atoms with van der Waals surface area (Å²) in [6.07, 6.45) is -0.260. The van der Waals surface area contributed by atoms with Crippen molar-refractivity contribution in [1.82, 2.24) is 10.6 Å². The zero-order chi connectivity index (χ0) is 25.5. The van der Waals surface area contributed by atoms with Crippen LogP contribution in [0.4, 0.5) is 10.5 Å². The van der Waals surface area contributed by atoms with E-state index in [2.05, 4.69) is 16.0 Å². The van der Waals surface area contributed by atoms with Crippen molar-refractivity contribution in [2.24, 2.45) is 23.2 Å². The molecule has 0 aromatic heterocycles. The van der Waals surface area contributed by atoms with Crippen molar-refractivity contribution in [2.75, 3.05) is 5.32 Å². The molecule has 2 fully saturated rings. The molecule has 2 aliphatic carbocycles. The van der Waals surface area contributed by atoms with Crippen LogP contribution in [0, 0.1) is 23.2 Å². The number of benzene rings is 1. The van der Waals surface area contributed by atoms with Crippen molar-refractivity contribution in [3.63, 3.8) is 0 Å². The Labute approximate surface area is 204 Å². The van der Waals surface area contributed by atoms with Gasteiger partial charge in [-0.1, -0.05) is 32.0 Å². The molecule has 0 aliphatic heterocycles. The fraction of sp³-hybridized carbons (Fsp3) is 0.583. The number of alkyl carbamates (subject to hydrolysis) is 1. The van der Waals surface area contributed by atoms with Crippen molar-refractivity contribution in [3.05, 3.63) is 30.3 Å². The largest absolute Gasteiger partial charge is 0.481 e. The highest BCUT2D eigenvalue weighted by molar-refractivity contribution is 7.80. The number of carbonyl (C=O) groups is 3. The maximum atomic E-state index is 12.9. The van der Waals surface area contributed by atoms with E-state index in [0.717, 1.165) is 5.69 Å². The molecular formula is C24H33N3O6S. The first-order chi connectivity index (χ1) is 15.9. The lowest BCUT2D eigenvalue weighted by Crippen LogP contribution is -2.66. The Morgan fingerprint density at radius 1 is 1.12 bits per heavy atom. The summed E-state index contributed by atoms with van der Waals surface area (Å²) in [5.74, 6) is -4.49. The van der Waals surface area contributed by atoms with Crippen molar-refractivity contribution in [2.45, 2.75) is 64.6 Å². The molecule has 10 heteroatoms. The van der Waals surface area contributed by atoms with Crippen LogP contribution in [0.15, 0.2) is 30.3 Å². The van der Waals surface area contributed by atoms with Gasteiger partial charge >= 0.3 is 18.0 Å². The topological polar surface area (TPSA) is 137 Å². The van der Waals surface area contributed by atoms with Gasteiger partial charge in [0.25, 0.3) is 0 Å². The molecule has 2 aliphatic rings. The molecule has 0 saturated heterocycles. The van der Waals surface area contributed by atoms with E-state index in [1.165, 1.54) is 0 Å². The number of ether oxygens (including phenoxy) is 1. The number of fused-ring (bicyclic) bond motifs is 1. The fourth-order valence-corrected chi connectivity index (χ4v) is 6.41. The number of amides is 1. The summed E-state index contributed by atoms with van der Waals surface area (Å²) in [5.41, 5.74) is -3.14. The lowest BCUT2D eigenvalue weighted by Gasteiger charge is -2.42. The summed E-state index contributed by atoms with van der Waals surface area (Å²) in [5, 5.41) is 29.7. The van der Waals surface area contributed by atoms with Crippen LogP contribution >= 0.6 is 12.2 Å². The highest BCUT2D eigenvalue weighted by atomic mass is 32.1. The molecule has 2 saturated carbocycles. The summed E-state index contributed by atoms with van der Waals surface area (Å²) in [4.78, 5) is 38.1. The average molecular weight is 492 g/mol. The van der Waals surface area contributed by atoms with E-state index < -0.39 is 58.4 Å². The Hall–Kier alpha value is -2.88. The molecule has 5 N–H and O–H groups in total. The quantitative estimate of drug-likeness (QED) is 0.363. The Morgan fingerprint density at radius 3 is 2.21 bits per heavy atom. The number of rotatable bonds is 7. The zero-order valence-electron chi connectivity index (χ0n) is 20.0. The number of para-hydroxylation sites is 1. The van der Waals surface area contributed by atoms with Crippen LogP contribution in [0.3, 0.4) is 0 Å². The predicted molar refractivity (Wildman–Crippen MR) is 130 cm³/mol. The smallest absolute Gasteiger partial charge is 0.408 e. The maximum absolute atomic E-state index is 12.9. The molecule has 0 bridgehead atoms. The third-order valence-corrected chi connectivity index (χ3v) is 7.39. The Kier molecular flexibility index (Phi) is 6.85. The Balaban J connectivity index is 2.02. The SMILES string of the molecule is CCC1C(NC(=S)Nc2ccccc2)C2C(C(=O)O)C2(CC)C1(NC(=O)OC(C)(C)C)C(=O)O. The van der Waals surface area contributed by atoms with Crippen LogP contribution in [-0.2, 0) is 14.3 Å². The molecule has 3 rings (SSSR count). The van der Waals surface area contributed by atoms with Crippen molar-refractivity contribution in [1.29, 1.82) is 0 Å². The summed E-state index contributed by atoms with van der Waals surface area (Å²) < 4.78 is 5.40. The Bertz CT molecular complexity index is 981. The minimum absolute atomic E-state index is 0.254. The second kappa shape index (κ2) is 9.05. The van der Waals surface area contributed by atoms with Crippen LogP contribution in [0.2, 0.25) is 0 Å². The van der Waals surface area contributed by atoms with Crippen LogP contribution in [0.1, 0.15) is 47.5 Å². The van der Waals surface area contributed by atoms with Gasteiger partial charge in [-0.05, 0) is 58.0 Å². The van der Waals surface area contributed by atoms with Gasteiger partial charge in [-0.2, -0.15) is 0 Å². The van der Waals surface area contributed by atoms with Gasteiger partial charge in [0.15, 0.2) is 10.7 Å². The number of nitrogens with one attached hydrogen (secondary N) is 3. The van der Waals surface area contributed by atoms with Gasteiger partial charge in [-0.3, -0.25) is 4.79 Å². The number of carboxylic acid groups (broad SMARTS) is 2. The number of thiocarbonyl (C=S) groups is 1. The summed E-state index contributed by atoms with van der Waals surface area (Å²) >= 11 is 5.49. The third-order valence-electron chi connectivity index (χ3n) is 7.17. The second-order valence-corrected chi connectivity index (χ2v) is 10.4. The average Bonchev–Trinajstić information content (AvgIpc) is 3.36. The summed E-state index contributed by atoms with van der Waals surface area (Å²) in [6.45, 7) is 8.63. The molecule has 9 nitrogen and oxygen atoms in total. The van der Waals surface area contributed by atoms with Gasteiger partial charge < -0.3 is 30.9 Å². The molecule has 1 aromatic rings. The number of carbonyl (C=O) groups excluding carboxylic acids is 1. The highest BCUT2D eigenvalue weighted by Gasteiger charge is 2.88. The lowest BCUT2D eigenvalue weighted by atomic mass is 9.70. The van der Waals surface area contributed by atoms with Crippen molar-refractivity contribution in [3.8, 4) is 0 Å². The van der Waals surface area contributed by atoms with Crippen molar-refractivity contribution >= 4 is 41.0 Å². The van der Waals surface area contributed by atoms with Crippen LogP contribution in [-0.4, -0.2) is 50.5 Å². The molecule has 0 heterocycles. The van der Waals surface area contributed by atoms with E-state index in [9.17, 15) is 24.6 Å². The van der Waals surface area contributed by atoms with E-state index in [4.69, 9.17) is 17.0 Å². The summed E-state index contributed by atoms with van der Waals surface area (Å²) in [7, 11) is 0. The maximum Gasteiger partial charge on any atom is 0.408 e. The van der Waals surface area contributed by atoms with Crippen LogP contribution in [0.5, 0.6) is 0 Å². The van der Waals surface area contributed by atoms with E-state index >= 15 is 0 Å². The third kappa shape index (κ3) is 4.08. The fourth-order valence-electron chi connectivity index (χ4n) is 6.15. The van der Waals surface area contributed by atoms with E-state index in [1.54, 1.807) is 27.7 Å². The lowest BCUT2D eigenvalue weighted by molar-refractivity contribution is -0.153. The highest BCUT2D eigenvalue weighted by Crippen LogP contribution is 2.76. The Morgan fingerprint density at radius 2 is 1.74 bits per heavy atom. The van der Waals surface area contributed by atoms with Crippen LogP contribution in [0.25, 0.3) is 0 Å². The van der Waals surface area contributed by atoms with E-state index in [1.807, 2.05) is 37.3 Å². The molecule has 34 heavy (non-hydrogen) atoms. The number of anilines is 1. The first kappa shape index (κ1) is 25.7. The van der Waals surface area contributed by atoms with Gasteiger partial charge in [-0.15, -0.1) is 0 Å². The van der Waals surface area contributed by atoms with Gasteiger partial charge in [0.05, 0.1) is 5.92 Å².